The molecule has 0 amide bonds. The summed E-state index contributed by atoms with van der Waals surface area (Å²) in [6.45, 7) is 5.68. The molecule has 1 aromatic carbocycles. The molecule has 1 nitrogen and oxygen atoms in total. The van der Waals surface area contributed by atoms with Crippen LogP contribution in [-0.2, 0) is 6.42 Å². The number of rotatable bonds is 5. The highest BCUT2D eigenvalue weighted by Crippen LogP contribution is 2.48. The van der Waals surface area contributed by atoms with Crippen molar-refractivity contribution in [3.63, 3.8) is 0 Å². The molecule has 0 spiro atoms. The normalized spacial score (nSPS) is 19.9. The Bertz CT molecular complexity index is 300. The lowest BCUT2D eigenvalue weighted by Gasteiger charge is -2.24. The fourth-order valence-corrected chi connectivity index (χ4v) is 2.21. The zero-order valence-electron chi connectivity index (χ0n) is 9.79. The largest absolute Gasteiger partial charge is 0.313 e. The Labute approximate surface area is 92.9 Å². The SMILES string of the molecule is CCNC(Cc1ccccc1)C1(C)CC1. The molecular formula is C14H21N. The summed E-state index contributed by atoms with van der Waals surface area (Å²) in [5, 5.41) is 3.63. The van der Waals surface area contributed by atoms with Crippen molar-refractivity contribution in [2.45, 2.75) is 39.2 Å². The smallest absolute Gasteiger partial charge is 0.0161 e. The maximum atomic E-state index is 3.63. The van der Waals surface area contributed by atoms with Crippen LogP contribution in [0, 0.1) is 5.41 Å². The molecule has 1 aromatic rings. The first kappa shape index (κ1) is 10.7. The van der Waals surface area contributed by atoms with Gasteiger partial charge in [0.25, 0.3) is 0 Å². The van der Waals surface area contributed by atoms with E-state index >= 15 is 0 Å². The molecule has 0 aromatic heterocycles. The van der Waals surface area contributed by atoms with Crippen LogP contribution in [0.4, 0.5) is 0 Å². The fraction of sp³-hybridized carbons (Fsp3) is 0.571. The van der Waals surface area contributed by atoms with Crippen molar-refractivity contribution in [3.05, 3.63) is 35.9 Å². The fourth-order valence-electron chi connectivity index (χ4n) is 2.21. The Morgan fingerprint density at radius 1 is 1.27 bits per heavy atom. The van der Waals surface area contributed by atoms with Crippen molar-refractivity contribution in [1.82, 2.24) is 5.32 Å². The average molecular weight is 203 g/mol. The van der Waals surface area contributed by atoms with Gasteiger partial charge in [0.15, 0.2) is 0 Å². The quantitative estimate of drug-likeness (QED) is 0.775. The molecule has 0 bridgehead atoms. The van der Waals surface area contributed by atoms with Crippen molar-refractivity contribution in [2.75, 3.05) is 6.54 Å². The Morgan fingerprint density at radius 3 is 2.47 bits per heavy atom. The minimum Gasteiger partial charge on any atom is -0.313 e. The zero-order valence-corrected chi connectivity index (χ0v) is 9.79. The molecule has 1 fully saturated rings. The minimum atomic E-state index is 0.561. The third kappa shape index (κ3) is 2.60. The molecule has 1 heteroatoms. The van der Waals surface area contributed by atoms with Gasteiger partial charge in [0, 0.05) is 6.04 Å². The van der Waals surface area contributed by atoms with E-state index in [0.29, 0.717) is 11.5 Å². The zero-order chi connectivity index (χ0) is 10.7. The van der Waals surface area contributed by atoms with E-state index < -0.39 is 0 Å². The van der Waals surface area contributed by atoms with Gasteiger partial charge in [-0.2, -0.15) is 0 Å². The maximum Gasteiger partial charge on any atom is 0.0161 e. The molecule has 0 saturated heterocycles. The number of hydrogen-bond donors (Lipinski definition) is 1. The van der Waals surface area contributed by atoms with Gasteiger partial charge in [-0.3, -0.25) is 0 Å². The predicted octanol–water partition coefficient (Wildman–Crippen LogP) is 3.01. The van der Waals surface area contributed by atoms with Crippen molar-refractivity contribution >= 4 is 0 Å². The first-order valence-corrected chi connectivity index (χ1v) is 6.02. The van der Waals surface area contributed by atoms with Gasteiger partial charge in [0.1, 0.15) is 0 Å². The summed E-state index contributed by atoms with van der Waals surface area (Å²) in [4.78, 5) is 0. The van der Waals surface area contributed by atoms with E-state index in [9.17, 15) is 0 Å². The van der Waals surface area contributed by atoms with Crippen LogP contribution in [0.15, 0.2) is 30.3 Å². The van der Waals surface area contributed by atoms with Gasteiger partial charge in [0.2, 0.25) is 0 Å². The third-order valence-electron chi connectivity index (χ3n) is 3.61. The molecule has 82 valence electrons. The second-order valence-corrected chi connectivity index (χ2v) is 4.95. The second-order valence-electron chi connectivity index (χ2n) is 4.95. The summed E-state index contributed by atoms with van der Waals surface area (Å²) in [5.74, 6) is 0. The highest BCUT2D eigenvalue weighted by Gasteiger charge is 2.44. The summed E-state index contributed by atoms with van der Waals surface area (Å²) in [5.41, 5.74) is 2.02. The van der Waals surface area contributed by atoms with Crippen LogP contribution >= 0.6 is 0 Å². The van der Waals surface area contributed by atoms with E-state index in [1.165, 1.54) is 24.8 Å². The Kier molecular flexibility index (Phi) is 3.11. The van der Waals surface area contributed by atoms with Crippen LogP contribution in [0.25, 0.3) is 0 Å². The van der Waals surface area contributed by atoms with E-state index in [0.717, 1.165) is 6.54 Å². The lowest BCUT2D eigenvalue weighted by molar-refractivity contribution is 0.360. The van der Waals surface area contributed by atoms with E-state index in [-0.39, 0.29) is 0 Å². The molecule has 0 heterocycles. The van der Waals surface area contributed by atoms with Gasteiger partial charge in [-0.25, -0.2) is 0 Å². The molecule has 1 aliphatic rings. The van der Waals surface area contributed by atoms with E-state index in [1.54, 1.807) is 0 Å². The average Bonchev–Trinajstić information content (AvgIpc) is 2.99. The van der Waals surface area contributed by atoms with Crippen LogP contribution in [0.3, 0.4) is 0 Å². The minimum absolute atomic E-state index is 0.561. The highest BCUT2D eigenvalue weighted by atomic mass is 14.9. The first-order valence-electron chi connectivity index (χ1n) is 6.02. The van der Waals surface area contributed by atoms with Crippen LogP contribution in [-0.4, -0.2) is 12.6 Å². The van der Waals surface area contributed by atoms with Gasteiger partial charge in [-0.05, 0) is 36.8 Å². The number of benzene rings is 1. The van der Waals surface area contributed by atoms with Gasteiger partial charge in [-0.15, -0.1) is 0 Å². The Morgan fingerprint density at radius 2 is 1.93 bits per heavy atom. The molecule has 1 atom stereocenters. The van der Waals surface area contributed by atoms with E-state index in [4.69, 9.17) is 0 Å². The van der Waals surface area contributed by atoms with Crippen molar-refractivity contribution < 1.29 is 0 Å². The summed E-state index contributed by atoms with van der Waals surface area (Å²) in [6.07, 6.45) is 3.94. The second kappa shape index (κ2) is 4.36. The van der Waals surface area contributed by atoms with Gasteiger partial charge >= 0.3 is 0 Å². The van der Waals surface area contributed by atoms with Crippen molar-refractivity contribution in [3.8, 4) is 0 Å². The lowest BCUT2D eigenvalue weighted by atomic mass is 9.92. The molecule has 1 unspecified atom stereocenters. The lowest BCUT2D eigenvalue weighted by Crippen LogP contribution is -2.37. The van der Waals surface area contributed by atoms with Crippen LogP contribution in [0.5, 0.6) is 0 Å². The van der Waals surface area contributed by atoms with Crippen LogP contribution in [0.2, 0.25) is 0 Å². The van der Waals surface area contributed by atoms with Crippen molar-refractivity contribution in [1.29, 1.82) is 0 Å². The van der Waals surface area contributed by atoms with Gasteiger partial charge in [0.05, 0.1) is 0 Å². The van der Waals surface area contributed by atoms with Crippen LogP contribution in [0.1, 0.15) is 32.3 Å². The molecule has 0 radical (unpaired) electrons. The molecule has 2 rings (SSSR count). The highest BCUT2D eigenvalue weighted by molar-refractivity contribution is 5.17. The van der Waals surface area contributed by atoms with Gasteiger partial charge < -0.3 is 5.32 Å². The molecule has 1 N–H and O–H groups in total. The standard InChI is InChI=1S/C14H21N/c1-3-15-13(14(2)9-10-14)11-12-7-5-4-6-8-12/h4-8,13,15H,3,9-11H2,1-2H3. The topological polar surface area (TPSA) is 12.0 Å². The first-order chi connectivity index (χ1) is 7.24. The predicted molar refractivity (Wildman–Crippen MR) is 65.0 cm³/mol. The molecule has 1 aliphatic carbocycles. The van der Waals surface area contributed by atoms with Gasteiger partial charge in [-0.1, -0.05) is 44.2 Å². The van der Waals surface area contributed by atoms with Crippen LogP contribution < -0.4 is 5.32 Å². The summed E-state index contributed by atoms with van der Waals surface area (Å²) >= 11 is 0. The molecule has 1 saturated carbocycles. The summed E-state index contributed by atoms with van der Waals surface area (Å²) < 4.78 is 0. The Hall–Kier alpha value is -0.820. The number of likely N-dealkylation sites (N-methyl/N-ethyl adjacent to an activating group) is 1. The molecule has 0 aliphatic heterocycles. The maximum absolute atomic E-state index is 3.63. The monoisotopic (exact) mass is 203 g/mol. The number of hydrogen-bond acceptors (Lipinski definition) is 1. The molecular weight excluding hydrogens is 182 g/mol. The van der Waals surface area contributed by atoms with E-state index in [2.05, 4.69) is 49.5 Å². The van der Waals surface area contributed by atoms with E-state index in [1.807, 2.05) is 0 Å². The third-order valence-corrected chi connectivity index (χ3v) is 3.61. The Balaban J connectivity index is 2.01. The summed E-state index contributed by atoms with van der Waals surface area (Å²) in [6, 6.07) is 11.5. The number of nitrogens with one attached hydrogen (secondary N) is 1. The molecule has 15 heavy (non-hydrogen) atoms. The van der Waals surface area contributed by atoms with Crippen molar-refractivity contribution in [2.24, 2.45) is 5.41 Å². The summed E-state index contributed by atoms with van der Waals surface area (Å²) in [7, 11) is 0.